The number of carbonyl (C=O) groups is 1. The van der Waals surface area contributed by atoms with Crippen LogP contribution in [0.2, 0.25) is 5.02 Å². The molecule has 0 saturated carbocycles. The molecule has 3 rings (SSSR count). The van der Waals surface area contributed by atoms with Gasteiger partial charge in [0.2, 0.25) is 0 Å². The third-order valence-electron chi connectivity index (χ3n) is 3.50. The van der Waals surface area contributed by atoms with Crippen LogP contribution in [-0.2, 0) is 0 Å². The molecule has 3 aromatic rings. The monoisotopic (exact) mass is 382 g/mol. The molecule has 7 heteroatoms. The molecule has 0 aliphatic heterocycles. The van der Waals surface area contributed by atoms with E-state index in [1.54, 1.807) is 30.3 Å². The molecule has 2 aromatic carbocycles. The highest BCUT2D eigenvalue weighted by atomic mass is 35.5. The topological polar surface area (TPSA) is 76.1 Å². The van der Waals surface area contributed by atoms with Crippen LogP contribution < -0.4 is 15.4 Å². The van der Waals surface area contributed by atoms with E-state index in [4.69, 9.17) is 16.3 Å². The normalized spacial score (nSPS) is 10.5. The van der Waals surface area contributed by atoms with Crippen LogP contribution in [0, 0.1) is 0 Å². The molecule has 0 fully saturated rings. The second-order valence-corrected chi connectivity index (χ2v) is 6.50. The van der Waals surface area contributed by atoms with E-state index in [9.17, 15) is 4.79 Å². The molecule has 0 unspecified atom stereocenters. The average molecular weight is 383 g/mol. The number of ether oxygens (including phenoxy) is 1. The fourth-order valence-corrected chi connectivity index (χ4v) is 2.44. The van der Waals surface area contributed by atoms with Gasteiger partial charge in [-0.25, -0.2) is 9.97 Å². The maximum absolute atomic E-state index is 12.4. The molecule has 138 valence electrons. The van der Waals surface area contributed by atoms with Gasteiger partial charge in [0.25, 0.3) is 5.91 Å². The fourth-order valence-electron chi connectivity index (χ4n) is 2.32. The second kappa shape index (κ2) is 8.51. The van der Waals surface area contributed by atoms with Crippen molar-refractivity contribution in [1.82, 2.24) is 9.97 Å². The van der Waals surface area contributed by atoms with Crippen molar-refractivity contribution in [3.05, 3.63) is 71.6 Å². The molecule has 0 radical (unpaired) electrons. The predicted octanol–water partition coefficient (Wildman–Crippen LogP) is 4.91. The first-order chi connectivity index (χ1) is 13.0. The summed E-state index contributed by atoms with van der Waals surface area (Å²) < 4.78 is 5.62. The Morgan fingerprint density at radius 1 is 1.00 bits per heavy atom. The van der Waals surface area contributed by atoms with E-state index in [1.807, 2.05) is 38.1 Å². The van der Waals surface area contributed by atoms with Crippen molar-refractivity contribution < 1.29 is 9.53 Å². The summed E-state index contributed by atoms with van der Waals surface area (Å²) in [6.45, 7) is 3.95. The first kappa shape index (κ1) is 18.7. The minimum Gasteiger partial charge on any atom is -0.491 e. The predicted molar refractivity (Wildman–Crippen MR) is 107 cm³/mol. The van der Waals surface area contributed by atoms with E-state index in [-0.39, 0.29) is 17.7 Å². The lowest BCUT2D eigenvalue weighted by atomic mass is 10.3. The van der Waals surface area contributed by atoms with Crippen molar-refractivity contribution >= 4 is 34.7 Å². The minimum atomic E-state index is -0.330. The van der Waals surface area contributed by atoms with Gasteiger partial charge in [0.15, 0.2) is 0 Å². The highest BCUT2D eigenvalue weighted by molar-refractivity contribution is 6.30. The van der Waals surface area contributed by atoms with E-state index in [1.165, 1.54) is 6.33 Å². The van der Waals surface area contributed by atoms with Crippen LogP contribution in [0.15, 0.2) is 60.9 Å². The first-order valence-corrected chi connectivity index (χ1v) is 8.80. The van der Waals surface area contributed by atoms with Gasteiger partial charge in [0.1, 0.15) is 23.6 Å². The molecule has 6 nitrogen and oxygen atoms in total. The van der Waals surface area contributed by atoms with Crippen molar-refractivity contribution in [3.63, 3.8) is 0 Å². The van der Waals surface area contributed by atoms with Crippen LogP contribution in [0.4, 0.5) is 17.2 Å². The average Bonchev–Trinajstić information content (AvgIpc) is 2.65. The summed E-state index contributed by atoms with van der Waals surface area (Å²) in [6.07, 6.45) is 1.46. The van der Waals surface area contributed by atoms with Gasteiger partial charge < -0.3 is 15.4 Å². The van der Waals surface area contributed by atoms with Crippen LogP contribution in [0.1, 0.15) is 24.3 Å². The molecule has 2 N–H and O–H groups in total. The highest BCUT2D eigenvalue weighted by Crippen LogP contribution is 2.20. The fraction of sp³-hybridized carbons (Fsp3) is 0.150. The number of rotatable bonds is 6. The third-order valence-corrected chi connectivity index (χ3v) is 3.75. The molecule has 0 atom stereocenters. The standard InChI is InChI=1S/C20H19ClN4O2/c1-13(2)27-17-9-7-15(8-10-17)24-19-11-18(22-12-23-19)20(26)25-16-5-3-14(21)4-6-16/h3-13H,1-2H3,(H,25,26)(H,22,23,24). The van der Waals surface area contributed by atoms with Gasteiger partial charge in [0, 0.05) is 22.5 Å². The Labute approximate surface area is 162 Å². The molecule has 0 saturated heterocycles. The second-order valence-electron chi connectivity index (χ2n) is 6.07. The Bertz CT molecular complexity index is 912. The van der Waals surface area contributed by atoms with Crippen LogP contribution in [0.25, 0.3) is 0 Å². The van der Waals surface area contributed by atoms with Crippen LogP contribution >= 0.6 is 11.6 Å². The Hall–Kier alpha value is -3.12. The summed E-state index contributed by atoms with van der Waals surface area (Å²) in [5.74, 6) is 0.980. The summed E-state index contributed by atoms with van der Waals surface area (Å²) in [7, 11) is 0. The van der Waals surface area contributed by atoms with Gasteiger partial charge in [-0.3, -0.25) is 4.79 Å². The molecular weight excluding hydrogens is 364 g/mol. The SMILES string of the molecule is CC(C)Oc1ccc(Nc2cc(C(=O)Nc3ccc(Cl)cc3)ncn2)cc1. The minimum absolute atomic E-state index is 0.118. The number of nitrogens with one attached hydrogen (secondary N) is 2. The number of nitrogens with zero attached hydrogens (tertiary/aromatic N) is 2. The lowest BCUT2D eigenvalue weighted by molar-refractivity contribution is 0.102. The van der Waals surface area contributed by atoms with Gasteiger partial charge in [0.05, 0.1) is 6.10 Å². The zero-order valence-corrected chi connectivity index (χ0v) is 15.7. The first-order valence-electron chi connectivity index (χ1n) is 8.42. The summed E-state index contributed by atoms with van der Waals surface area (Å²) in [5, 5.41) is 6.52. The van der Waals surface area contributed by atoms with Gasteiger partial charge in [-0.15, -0.1) is 0 Å². The van der Waals surface area contributed by atoms with E-state index < -0.39 is 0 Å². The van der Waals surface area contributed by atoms with Gasteiger partial charge >= 0.3 is 0 Å². The van der Waals surface area contributed by atoms with Gasteiger partial charge in [-0.05, 0) is 62.4 Å². The van der Waals surface area contributed by atoms with Crippen LogP contribution in [-0.4, -0.2) is 22.0 Å². The molecule has 27 heavy (non-hydrogen) atoms. The number of hydrogen-bond acceptors (Lipinski definition) is 5. The number of hydrogen-bond donors (Lipinski definition) is 2. The van der Waals surface area contributed by atoms with Crippen molar-refractivity contribution in [3.8, 4) is 5.75 Å². The van der Waals surface area contributed by atoms with Gasteiger partial charge in [-0.1, -0.05) is 11.6 Å². The zero-order valence-electron chi connectivity index (χ0n) is 14.9. The van der Waals surface area contributed by atoms with E-state index in [0.717, 1.165) is 11.4 Å². The Morgan fingerprint density at radius 2 is 1.67 bits per heavy atom. The maximum Gasteiger partial charge on any atom is 0.274 e. The number of aromatic nitrogens is 2. The number of anilines is 3. The zero-order chi connectivity index (χ0) is 19.2. The van der Waals surface area contributed by atoms with E-state index >= 15 is 0 Å². The van der Waals surface area contributed by atoms with Gasteiger partial charge in [-0.2, -0.15) is 0 Å². The van der Waals surface area contributed by atoms with Crippen molar-refractivity contribution in [2.24, 2.45) is 0 Å². The number of halogens is 1. The molecular formula is C20H19ClN4O2. The van der Waals surface area contributed by atoms with E-state index in [2.05, 4.69) is 20.6 Å². The lowest BCUT2D eigenvalue weighted by Crippen LogP contribution is -2.14. The Morgan fingerprint density at radius 3 is 2.33 bits per heavy atom. The Balaban J connectivity index is 1.67. The smallest absolute Gasteiger partial charge is 0.274 e. The molecule has 1 heterocycles. The molecule has 0 spiro atoms. The van der Waals surface area contributed by atoms with Crippen molar-refractivity contribution in [2.45, 2.75) is 20.0 Å². The summed E-state index contributed by atoms with van der Waals surface area (Å²) in [5.41, 5.74) is 1.72. The largest absolute Gasteiger partial charge is 0.491 e. The van der Waals surface area contributed by atoms with Crippen molar-refractivity contribution in [1.29, 1.82) is 0 Å². The summed E-state index contributed by atoms with van der Waals surface area (Å²) in [6, 6.07) is 16.0. The number of benzene rings is 2. The molecule has 1 amide bonds. The van der Waals surface area contributed by atoms with Crippen molar-refractivity contribution in [2.75, 3.05) is 10.6 Å². The van der Waals surface area contributed by atoms with E-state index in [0.29, 0.717) is 16.5 Å². The number of carbonyl (C=O) groups excluding carboxylic acids is 1. The Kier molecular flexibility index (Phi) is 5.88. The molecule has 0 aliphatic carbocycles. The summed E-state index contributed by atoms with van der Waals surface area (Å²) in [4.78, 5) is 20.6. The quantitative estimate of drug-likeness (QED) is 0.633. The summed E-state index contributed by atoms with van der Waals surface area (Å²) >= 11 is 5.85. The maximum atomic E-state index is 12.4. The highest BCUT2D eigenvalue weighted by Gasteiger charge is 2.09. The lowest BCUT2D eigenvalue weighted by Gasteiger charge is -2.11. The van der Waals surface area contributed by atoms with Crippen LogP contribution in [0.5, 0.6) is 5.75 Å². The number of amides is 1. The molecule has 0 bridgehead atoms. The third kappa shape index (κ3) is 5.43. The molecule has 0 aliphatic rings. The molecule has 1 aromatic heterocycles. The van der Waals surface area contributed by atoms with Crippen LogP contribution in [0.3, 0.4) is 0 Å².